The number of benzene rings is 1. The van der Waals surface area contributed by atoms with Crippen molar-refractivity contribution in [2.45, 2.75) is 17.7 Å². The van der Waals surface area contributed by atoms with Gasteiger partial charge in [-0.15, -0.1) is 0 Å². The van der Waals surface area contributed by atoms with Crippen molar-refractivity contribution in [1.29, 1.82) is 0 Å². The van der Waals surface area contributed by atoms with Crippen molar-refractivity contribution in [2.24, 2.45) is 0 Å². The predicted octanol–water partition coefficient (Wildman–Crippen LogP) is 2.20. The fraction of sp³-hybridized carbons (Fsp3) is 0.333. The molecular formula is C18H20ClN3O3S. The van der Waals surface area contributed by atoms with Gasteiger partial charge in [0.1, 0.15) is 4.90 Å². The molecule has 1 aromatic heterocycles. The molecule has 6 nitrogen and oxygen atoms in total. The smallest absolute Gasteiger partial charge is 0.244 e. The second kappa shape index (κ2) is 8.16. The number of piperazine rings is 1. The number of nitrogens with zero attached hydrogens (tertiary/aromatic N) is 3. The molecule has 1 aliphatic rings. The van der Waals surface area contributed by atoms with Gasteiger partial charge in [0.2, 0.25) is 15.9 Å². The Balaban J connectivity index is 1.57. The average Bonchev–Trinajstić information content (AvgIpc) is 2.67. The Morgan fingerprint density at radius 2 is 1.81 bits per heavy atom. The lowest BCUT2D eigenvalue weighted by molar-refractivity contribution is -0.132. The van der Waals surface area contributed by atoms with Gasteiger partial charge < -0.3 is 4.90 Å². The molecule has 3 rings (SSSR count). The zero-order chi connectivity index (χ0) is 18.6. The SMILES string of the molecule is O=C(CCc1cccnc1)N1CCN(S(=O)(=O)c2ccccc2Cl)CC1. The van der Waals surface area contributed by atoms with E-state index in [2.05, 4.69) is 4.98 Å². The monoisotopic (exact) mass is 393 g/mol. The van der Waals surface area contributed by atoms with Gasteiger partial charge in [-0.1, -0.05) is 29.8 Å². The molecule has 2 aromatic rings. The molecule has 1 aromatic carbocycles. The number of aromatic nitrogens is 1. The van der Waals surface area contributed by atoms with E-state index in [1.165, 1.54) is 10.4 Å². The van der Waals surface area contributed by atoms with E-state index in [1.54, 1.807) is 35.5 Å². The van der Waals surface area contributed by atoms with Crippen molar-refractivity contribution >= 4 is 27.5 Å². The highest BCUT2D eigenvalue weighted by Crippen LogP contribution is 2.25. The summed E-state index contributed by atoms with van der Waals surface area (Å²) in [5.74, 6) is 0.0312. The van der Waals surface area contributed by atoms with Crippen LogP contribution in [-0.4, -0.2) is 54.7 Å². The maximum Gasteiger partial charge on any atom is 0.244 e. The number of sulfonamides is 1. The van der Waals surface area contributed by atoms with Crippen LogP contribution >= 0.6 is 11.6 Å². The standard InChI is InChI=1S/C18H20ClN3O3S/c19-16-5-1-2-6-17(16)26(24,25)22-12-10-21(11-13-22)18(23)8-7-15-4-3-9-20-14-15/h1-6,9,14H,7-8,10-13H2. The normalized spacial score (nSPS) is 15.8. The third-order valence-electron chi connectivity index (χ3n) is 4.40. The predicted molar refractivity (Wildman–Crippen MR) is 99.3 cm³/mol. The van der Waals surface area contributed by atoms with Gasteiger partial charge in [0.05, 0.1) is 5.02 Å². The average molecular weight is 394 g/mol. The fourth-order valence-electron chi connectivity index (χ4n) is 2.93. The van der Waals surface area contributed by atoms with E-state index in [4.69, 9.17) is 11.6 Å². The highest BCUT2D eigenvalue weighted by molar-refractivity contribution is 7.89. The largest absolute Gasteiger partial charge is 0.340 e. The quantitative estimate of drug-likeness (QED) is 0.780. The lowest BCUT2D eigenvalue weighted by atomic mass is 10.1. The van der Waals surface area contributed by atoms with E-state index in [0.717, 1.165) is 5.56 Å². The van der Waals surface area contributed by atoms with Crippen LogP contribution in [0.15, 0.2) is 53.7 Å². The molecule has 1 aliphatic heterocycles. The summed E-state index contributed by atoms with van der Waals surface area (Å²) in [7, 11) is -3.64. The summed E-state index contributed by atoms with van der Waals surface area (Å²) >= 11 is 6.03. The third-order valence-corrected chi connectivity index (χ3v) is 6.79. The molecule has 0 N–H and O–H groups in total. The number of pyridine rings is 1. The molecule has 0 spiro atoms. The first-order valence-corrected chi connectivity index (χ1v) is 10.2. The summed E-state index contributed by atoms with van der Waals surface area (Å²) in [6.07, 6.45) is 4.47. The minimum absolute atomic E-state index is 0.0312. The minimum atomic E-state index is -3.64. The van der Waals surface area contributed by atoms with Crippen LogP contribution in [0.4, 0.5) is 0 Å². The van der Waals surface area contributed by atoms with E-state index in [9.17, 15) is 13.2 Å². The van der Waals surface area contributed by atoms with Crippen molar-refractivity contribution in [3.63, 3.8) is 0 Å². The van der Waals surface area contributed by atoms with Crippen LogP contribution < -0.4 is 0 Å². The molecule has 1 saturated heterocycles. The highest BCUT2D eigenvalue weighted by atomic mass is 35.5. The second-order valence-electron chi connectivity index (χ2n) is 6.08. The third kappa shape index (κ3) is 4.23. The van der Waals surface area contributed by atoms with Gasteiger partial charge in [0.25, 0.3) is 0 Å². The maximum absolute atomic E-state index is 12.7. The van der Waals surface area contributed by atoms with Crippen molar-refractivity contribution < 1.29 is 13.2 Å². The second-order valence-corrected chi connectivity index (χ2v) is 8.39. The fourth-order valence-corrected chi connectivity index (χ4v) is 4.84. The Labute approximate surface area is 158 Å². The molecule has 0 unspecified atom stereocenters. The highest BCUT2D eigenvalue weighted by Gasteiger charge is 2.31. The van der Waals surface area contributed by atoms with Crippen molar-refractivity contribution in [3.05, 3.63) is 59.4 Å². The first-order valence-electron chi connectivity index (χ1n) is 8.40. The summed E-state index contributed by atoms with van der Waals surface area (Å²) in [5.41, 5.74) is 1.01. The van der Waals surface area contributed by atoms with Crippen molar-refractivity contribution in [2.75, 3.05) is 26.2 Å². The summed E-state index contributed by atoms with van der Waals surface area (Å²) in [5, 5.41) is 0.211. The Kier molecular flexibility index (Phi) is 5.90. The van der Waals surface area contributed by atoms with Gasteiger partial charge in [-0.05, 0) is 30.2 Å². The van der Waals surface area contributed by atoms with Gasteiger partial charge in [-0.25, -0.2) is 8.42 Å². The van der Waals surface area contributed by atoms with Crippen molar-refractivity contribution in [1.82, 2.24) is 14.2 Å². The lowest BCUT2D eigenvalue weighted by Crippen LogP contribution is -2.50. The lowest BCUT2D eigenvalue weighted by Gasteiger charge is -2.34. The molecule has 0 saturated carbocycles. The number of hydrogen-bond donors (Lipinski definition) is 0. The number of aryl methyl sites for hydroxylation is 1. The van der Waals surface area contributed by atoms with Crippen LogP contribution in [0.5, 0.6) is 0 Å². The Hall–Kier alpha value is -1.96. The minimum Gasteiger partial charge on any atom is -0.340 e. The van der Waals surface area contributed by atoms with E-state index in [1.807, 2.05) is 12.1 Å². The summed E-state index contributed by atoms with van der Waals surface area (Å²) in [4.78, 5) is 18.2. The van der Waals surface area contributed by atoms with Gasteiger partial charge >= 0.3 is 0 Å². The van der Waals surface area contributed by atoms with Crippen LogP contribution in [0.1, 0.15) is 12.0 Å². The molecule has 1 amide bonds. The van der Waals surface area contributed by atoms with Crippen LogP contribution in [-0.2, 0) is 21.2 Å². The van der Waals surface area contributed by atoms with Gasteiger partial charge in [0, 0.05) is 45.0 Å². The molecular weight excluding hydrogens is 374 g/mol. The van der Waals surface area contributed by atoms with Crippen LogP contribution in [0, 0.1) is 0 Å². The molecule has 8 heteroatoms. The number of amides is 1. The number of carbonyl (C=O) groups excluding carboxylic acids is 1. The summed E-state index contributed by atoms with van der Waals surface area (Å²) in [6, 6.07) is 10.2. The van der Waals surface area contributed by atoms with E-state index >= 15 is 0 Å². The zero-order valence-corrected chi connectivity index (χ0v) is 15.8. The molecule has 138 valence electrons. The number of rotatable bonds is 5. The van der Waals surface area contributed by atoms with Crippen LogP contribution in [0.25, 0.3) is 0 Å². The molecule has 26 heavy (non-hydrogen) atoms. The molecule has 2 heterocycles. The number of carbonyl (C=O) groups is 1. The maximum atomic E-state index is 12.7. The molecule has 0 atom stereocenters. The topological polar surface area (TPSA) is 70.6 Å². The summed E-state index contributed by atoms with van der Waals surface area (Å²) < 4.78 is 26.8. The van der Waals surface area contributed by atoms with Crippen molar-refractivity contribution in [3.8, 4) is 0 Å². The van der Waals surface area contributed by atoms with E-state index < -0.39 is 10.0 Å². The zero-order valence-electron chi connectivity index (χ0n) is 14.2. The summed E-state index contributed by atoms with van der Waals surface area (Å²) in [6.45, 7) is 1.31. The molecule has 0 radical (unpaired) electrons. The Morgan fingerprint density at radius 1 is 1.08 bits per heavy atom. The molecule has 0 bridgehead atoms. The van der Waals surface area contributed by atoms with Crippen LogP contribution in [0.3, 0.4) is 0 Å². The van der Waals surface area contributed by atoms with Gasteiger partial charge in [-0.2, -0.15) is 4.31 Å². The van der Waals surface area contributed by atoms with E-state index in [-0.39, 0.29) is 28.9 Å². The molecule has 0 aliphatic carbocycles. The Morgan fingerprint density at radius 3 is 2.46 bits per heavy atom. The first kappa shape index (κ1) is 18.8. The number of hydrogen-bond acceptors (Lipinski definition) is 4. The van der Waals surface area contributed by atoms with Gasteiger partial charge in [0.15, 0.2) is 0 Å². The number of halogens is 1. The first-order chi connectivity index (χ1) is 12.5. The Bertz CT molecular complexity index is 866. The van der Waals surface area contributed by atoms with Crippen LogP contribution in [0.2, 0.25) is 5.02 Å². The molecule has 1 fully saturated rings. The van der Waals surface area contributed by atoms with Gasteiger partial charge in [-0.3, -0.25) is 9.78 Å². The van der Waals surface area contributed by atoms with E-state index in [0.29, 0.717) is 25.9 Å².